The summed E-state index contributed by atoms with van der Waals surface area (Å²) in [5, 5.41) is 23.5. The van der Waals surface area contributed by atoms with Crippen LogP contribution < -0.4 is 12.4 Å². The van der Waals surface area contributed by atoms with Crippen LogP contribution in [0.1, 0.15) is 139 Å². The van der Waals surface area contributed by atoms with Gasteiger partial charge in [-0.1, -0.05) is 155 Å². The Morgan fingerprint density at radius 2 is 0.846 bits per heavy atom. The van der Waals surface area contributed by atoms with Crippen LogP contribution in [0.25, 0.3) is 0 Å². The van der Waals surface area contributed by atoms with Gasteiger partial charge >= 0.3 is 0 Å². The van der Waals surface area contributed by atoms with Crippen molar-refractivity contribution in [3.05, 3.63) is 129 Å². The number of aliphatic imine (C=N–C) groups is 2. The largest absolute Gasteiger partial charge is 1.00 e. The van der Waals surface area contributed by atoms with Gasteiger partial charge in [0.2, 0.25) is 0 Å². The number of benzene rings is 4. The van der Waals surface area contributed by atoms with Gasteiger partial charge in [0.05, 0.1) is 12.1 Å². The van der Waals surface area contributed by atoms with E-state index < -0.39 is 10.8 Å². The van der Waals surface area contributed by atoms with Crippen molar-refractivity contribution < 1.29 is 39.4 Å². The van der Waals surface area contributed by atoms with Gasteiger partial charge in [0.25, 0.3) is 0 Å². The fourth-order valence-electron chi connectivity index (χ4n) is 7.14. The number of hydrogen-bond acceptors (Lipinski definition) is 4. The Morgan fingerprint density at radius 3 is 1.15 bits per heavy atom. The van der Waals surface area contributed by atoms with Crippen molar-refractivity contribution in [2.45, 2.75) is 129 Å². The minimum Gasteiger partial charge on any atom is -1.00 e. The third kappa shape index (κ3) is 9.39. The second-order valence-corrected chi connectivity index (χ2v) is 17.4. The molecule has 1 saturated carbocycles. The molecular weight excluding hydrogens is 707 g/mol. The number of halogens is 1. The molecule has 281 valence electrons. The van der Waals surface area contributed by atoms with Crippen molar-refractivity contribution in [1.29, 1.82) is 0 Å². The Labute approximate surface area is 329 Å². The number of rotatable bonds is 8. The smallest absolute Gasteiger partial charge is 0.128 e. The van der Waals surface area contributed by atoms with Gasteiger partial charge in [0.15, 0.2) is 0 Å². The molecule has 0 spiro atoms. The zero-order valence-electron chi connectivity index (χ0n) is 32.7. The summed E-state index contributed by atoms with van der Waals surface area (Å²) in [6.07, 6.45) is 7.81. The summed E-state index contributed by atoms with van der Waals surface area (Å²) in [5.41, 5.74) is 6.92. The number of aromatic hydroxyl groups is 2. The SMILES string of the molecule is CC(C)(C)c1cc(C=N[C@@H]2CCCC[C@H]2N=Cc2cc(C(C)(C)C)cc(C(C)(C)c3ccccc3)c2O)c(O)c(C(C)(C)c2ccccc2)c1.[Cl-].[Co]. The molecule has 6 heteroatoms. The maximum Gasteiger partial charge on any atom is 0.128 e. The Kier molecular flexibility index (Phi) is 13.9. The van der Waals surface area contributed by atoms with Crippen molar-refractivity contribution in [3.63, 3.8) is 0 Å². The minimum atomic E-state index is -0.398. The van der Waals surface area contributed by atoms with Crippen molar-refractivity contribution in [1.82, 2.24) is 0 Å². The van der Waals surface area contributed by atoms with Gasteiger partial charge in [0.1, 0.15) is 11.5 Å². The predicted molar refractivity (Wildman–Crippen MR) is 212 cm³/mol. The quantitative estimate of drug-likeness (QED) is 0.178. The predicted octanol–water partition coefficient (Wildman–Crippen LogP) is 8.20. The standard InChI is InChI=1S/C46H58N2O2.ClH.Co/c1-43(2,3)35-25-31(41(49)37(27-35)45(7,8)33-19-13-11-14-20-33)29-47-39-23-17-18-24-40(39)48-30-32-26-36(44(4,5)6)28-38(42(32)50)46(9,10)34-21-15-12-16-22-34;;/h11-16,19-22,25-30,39-40,49-50H,17-18,23-24H2,1-10H3;1H;/p-1/t39-,40-;;/m1../s1. The first kappa shape index (κ1) is 43.0. The molecule has 1 aliphatic rings. The molecule has 0 amide bonds. The van der Waals surface area contributed by atoms with Gasteiger partial charge in [-0.15, -0.1) is 0 Å². The van der Waals surface area contributed by atoms with E-state index in [2.05, 4.69) is 142 Å². The van der Waals surface area contributed by atoms with E-state index in [1.54, 1.807) is 0 Å². The minimum absolute atomic E-state index is 0. The zero-order valence-corrected chi connectivity index (χ0v) is 34.5. The number of nitrogens with zero attached hydrogens (tertiary/aromatic N) is 2. The molecule has 0 unspecified atom stereocenters. The molecule has 52 heavy (non-hydrogen) atoms. The van der Waals surface area contributed by atoms with E-state index in [-0.39, 0.29) is 63.6 Å². The van der Waals surface area contributed by atoms with Gasteiger partial charge in [-0.05, 0) is 58.1 Å². The summed E-state index contributed by atoms with van der Waals surface area (Å²) < 4.78 is 0. The van der Waals surface area contributed by atoms with E-state index in [4.69, 9.17) is 9.98 Å². The molecule has 1 radical (unpaired) electrons. The van der Waals surface area contributed by atoms with Crippen LogP contribution in [0.5, 0.6) is 11.5 Å². The molecule has 0 aliphatic heterocycles. The summed E-state index contributed by atoms with van der Waals surface area (Å²) in [6, 6.07) is 29.3. The first-order chi connectivity index (χ1) is 23.4. The molecule has 4 nitrogen and oxygen atoms in total. The molecule has 0 bridgehead atoms. The van der Waals surface area contributed by atoms with E-state index in [0.29, 0.717) is 0 Å². The fraction of sp³-hybridized carbons (Fsp3) is 0.435. The molecular formula is C46H58ClCoN2O2-. The maximum atomic E-state index is 11.8. The number of phenolic OH excluding ortho intramolecular Hbond substituents is 2. The molecule has 4 aromatic carbocycles. The van der Waals surface area contributed by atoms with Crippen LogP contribution in [0, 0.1) is 0 Å². The average Bonchev–Trinajstić information content (AvgIpc) is 3.07. The second-order valence-electron chi connectivity index (χ2n) is 17.4. The molecule has 0 heterocycles. The van der Waals surface area contributed by atoms with Gasteiger partial charge in [0, 0.05) is 62.3 Å². The van der Waals surface area contributed by atoms with E-state index in [0.717, 1.165) is 70.2 Å². The van der Waals surface area contributed by atoms with Crippen LogP contribution in [-0.2, 0) is 38.4 Å². The molecule has 5 rings (SSSR count). The topological polar surface area (TPSA) is 65.2 Å². The third-order valence-electron chi connectivity index (χ3n) is 10.9. The molecule has 0 saturated heterocycles. The summed E-state index contributed by atoms with van der Waals surface area (Å²) in [6.45, 7) is 22.0. The van der Waals surface area contributed by atoms with Crippen LogP contribution in [0.4, 0.5) is 0 Å². The summed E-state index contributed by atoms with van der Waals surface area (Å²) in [7, 11) is 0. The molecule has 1 aliphatic carbocycles. The molecule has 1 fully saturated rings. The third-order valence-corrected chi connectivity index (χ3v) is 10.9. The van der Waals surface area contributed by atoms with E-state index in [1.807, 2.05) is 24.6 Å². The Balaban J connectivity index is 0.00000364. The Morgan fingerprint density at radius 1 is 0.519 bits per heavy atom. The van der Waals surface area contributed by atoms with E-state index in [9.17, 15) is 10.2 Å². The van der Waals surface area contributed by atoms with Crippen LogP contribution in [0.2, 0.25) is 0 Å². The molecule has 0 aromatic heterocycles. The molecule has 2 atom stereocenters. The van der Waals surface area contributed by atoms with E-state index in [1.165, 1.54) is 0 Å². The molecule has 4 aromatic rings. The zero-order chi connectivity index (χ0) is 36.5. The molecule has 2 N–H and O–H groups in total. The average molecular weight is 765 g/mol. The van der Waals surface area contributed by atoms with Crippen molar-refractivity contribution in [2.75, 3.05) is 0 Å². The van der Waals surface area contributed by atoms with Crippen LogP contribution >= 0.6 is 0 Å². The van der Waals surface area contributed by atoms with Gasteiger partial charge in [-0.3, -0.25) is 9.98 Å². The fourth-order valence-corrected chi connectivity index (χ4v) is 7.14. The van der Waals surface area contributed by atoms with Crippen LogP contribution in [0.3, 0.4) is 0 Å². The van der Waals surface area contributed by atoms with Crippen LogP contribution in [-0.4, -0.2) is 34.7 Å². The van der Waals surface area contributed by atoms with Gasteiger partial charge in [-0.2, -0.15) is 0 Å². The second kappa shape index (κ2) is 16.7. The summed E-state index contributed by atoms with van der Waals surface area (Å²) >= 11 is 0. The maximum absolute atomic E-state index is 11.8. The normalized spacial score (nSPS) is 17.2. The monoisotopic (exact) mass is 764 g/mol. The van der Waals surface area contributed by atoms with E-state index >= 15 is 0 Å². The van der Waals surface area contributed by atoms with Crippen molar-refractivity contribution >= 4 is 12.4 Å². The Hall–Kier alpha value is -3.38. The van der Waals surface area contributed by atoms with Gasteiger partial charge < -0.3 is 22.6 Å². The Bertz CT molecular complexity index is 1710. The van der Waals surface area contributed by atoms with Crippen LogP contribution in [0.15, 0.2) is 94.9 Å². The summed E-state index contributed by atoms with van der Waals surface area (Å²) in [4.78, 5) is 10.3. The first-order valence-corrected chi connectivity index (χ1v) is 18.3. The number of hydrogen-bond donors (Lipinski definition) is 2. The first-order valence-electron chi connectivity index (χ1n) is 18.3. The van der Waals surface area contributed by atoms with Gasteiger partial charge in [-0.25, -0.2) is 0 Å². The summed E-state index contributed by atoms with van der Waals surface area (Å²) in [5.74, 6) is 0.563. The number of phenols is 2. The van der Waals surface area contributed by atoms with Crippen molar-refractivity contribution in [3.8, 4) is 11.5 Å². The van der Waals surface area contributed by atoms with Crippen molar-refractivity contribution in [2.24, 2.45) is 9.98 Å².